The number of hydrogen-bond donors (Lipinski definition) is 0. The van der Waals surface area contributed by atoms with Crippen LogP contribution < -0.4 is 0 Å². The zero-order valence-electron chi connectivity index (χ0n) is 10.2. The number of thioether (sulfide) groups is 1. The number of rotatable bonds is 3. The van der Waals surface area contributed by atoms with Crippen LogP contribution in [-0.4, -0.2) is 0 Å². The highest BCUT2D eigenvalue weighted by Crippen LogP contribution is 2.20. The maximum atomic E-state index is 2.15. The van der Waals surface area contributed by atoms with Crippen molar-refractivity contribution < 1.29 is 0 Å². The Morgan fingerprint density at radius 1 is 0.765 bits per heavy atom. The molecule has 2 aromatic carbocycles. The van der Waals surface area contributed by atoms with E-state index in [0.717, 1.165) is 0 Å². The predicted octanol–water partition coefficient (Wildman–Crippen LogP) is 5.07. The first-order valence-corrected chi connectivity index (χ1v) is 6.58. The van der Waals surface area contributed by atoms with Crippen LogP contribution in [0.2, 0.25) is 0 Å². The van der Waals surface area contributed by atoms with Crippen molar-refractivity contribution in [2.24, 2.45) is 0 Å². The van der Waals surface area contributed by atoms with E-state index < -0.39 is 0 Å². The lowest BCUT2D eigenvalue weighted by atomic mass is 10.2. The molecule has 2 rings (SSSR count). The molecule has 0 fully saturated rings. The van der Waals surface area contributed by atoms with Gasteiger partial charge in [-0.2, -0.15) is 0 Å². The van der Waals surface area contributed by atoms with Gasteiger partial charge in [0.25, 0.3) is 0 Å². The van der Waals surface area contributed by atoms with Crippen LogP contribution in [0.3, 0.4) is 0 Å². The van der Waals surface area contributed by atoms with E-state index in [1.165, 1.54) is 21.6 Å². The van der Waals surface area contributed by atoms with Crippen LogP contribution in [0.5, 0.6) is 0 Å². The van der Waals surface area contributed by atoms with Gasteiger partial charge in [0.1, 0.15) is 0 Å². The minimum atomic E-state index is 1.25. The van der Waals surface area contributed by atoms with Gasteiger partial charge in [-0.1, -0.05) is 59.3 Å². The second-order valence-electron chi connectivity index (χ2n) is 4.14. The molecular formula is C16H16S. The van der Waals surface area contributed by atoms with Crippen LogP contribution in [0.25, 0.3) is 6.08 Å². The van der Waals surface area contributed by atoms with Crippen LogP contribution in [0.1, 0.15) is 16.7 Å². The molecule has 1 heteroatoms. The van der Waals surface area contributed by atoms with Crippen LogP contribution in [0.4, 0.5) is 0 Å². The molecule has 0 amide bonds. The van der Waals surface area contributed by atoms with Crippen molar-refractivity contribution in [3.05, 3.63) is 70.6 Å². The zero-order chi connectivity index (χ0) is 12.1. The molecule has 0 nitrogen and oxygen atoms in total. The zero-order valence-corrected chi connectivity index (χ0v) is 11.0. The Hall–Kier alpha value is -1.47. The minimum absolute atomic E-state index is 1.25. The van der Waals surface area contributed by atoms with Crippen molar-refractivity contribution in [1.29, 1.82) is 0 Å². The Balaban J connectivity index is 1.97. The fourth-order valence-electron chi connectivity index (χ4n) is 1.49. The van der Waals surface area contributed by atoms with Crippen molar-refractivity contribution >= 4 is 17.8 Å². The molecule has 0 radical (unpaired) electrons. The van der Waals surface area contributed by atoms with Gasteiger partial charge >= 0.3 is 0 Å². The molecule has 86 valence electrons. The van der Waals surface area contributed by atoms with Gasteiger partial charge in [0, 0.05) is 4.90 Å². The molecule has 0 saturated heterocycles. The molecule has 0 unspecified atom stereocenters. The summed E-state index contributed by atoms with van der Waals surface area (Å²) < 4.78 is 0. The van der Waals surface area contributed by atoms with Gasteiger partial charge in [-0.15, -0.1) is 0 Å². The third-order valence-electron chi connectivity index (χ3n) is 2.56. The van der Waals surface area contributed by atoms with E-state index in [2.05, 4.69) is 73.9 Å². The van der Waals surface area contributed by atoms with Gasteiger partial charge in [0.2, 0.25) is 0 Å². The standard InChI is InChI=1S/C16H16S/c1-13-3-7-15(8-4-13)11-12-17-16-9-5-14(2)6-10-16/h3-12H,1-2H3/b12-11-. The van der Waals surface area contributed by atoms with Crippen LogP contribution in [0, 0.1) is 13.8 Å². The lowest BCUT2D eigenvalue weighted by Crippen LogP contribution is -1.73. The Morgan fingerprint density at radius 2 is 1.29 bits per heavy atom. The topological polar surface area (TPSA) is 0 Å². The molecule has 0 atom stereocenters. The van der Waals surface area contributed by atoms with Gasteiger partial charge in [-0.25, -0.2) is 0 Å². The summed E-state index contributed by atoms with van der Waals surface area (Å²) in [6.07, 6.45) is 2.14. The summed E-state index contributed by atoms with van der Waals surface area (Å²) in [5, 5.41) is 2.13. The summed E-state index contributed by atoms with van der Waals surface area (Å²) >= 11 is 1.75. The summed E-state index contributed by atoms with van der Waals surface area (Å²) in [6, 6.07) is 17.1. The Labute approximate surface area is 107 Å². The van der Waals surface area contributed by atoms with Crippen LogP contribution >= 0.6 is 11.8 Å². The lowest BCUT2D eigenvalue weighted by Gasteiger charge is -1.97. The minimum Gasteiger partial charge on any atom is -0.0981 e. The van der Waals surface area contributed by atoms with Crippen molar-refractivity contribution in [2.75, 3.05) is 0 Å². The third kappa shape index (κ3) is 3.79. The maximum absolute atomic E-state index is 2.15. The van der Waals surface area contributed by atoms with E-state index in [1.54, 1.807) is 11.8 Å². The van der Waals surface area contributed by atoms with E-state index in [1.807, 2.05) is 0 Å². The van der Waals surface area contributed by atoms with Crippen LogP contribution in [-0.2, 0) is 0 Å². The van der Waals surface area contributed by atoms with Gasteiger partial charge in [0.05, 0.1) is 0 Å². The highest BCUT2D eigenvalue weighted by molar-refractivity contribution is 8.02. The number of aryl methyl sites for hydroxylation is 2. The summed E-state index contributed by atoms with van der Waals surface area (Å²) in [4.78, 5) is 1.28. The van der Waals surface area contributed by atoms with Gasteiger partial charge in [0.15, 0.2) is 0 Å². The first kappa shape index (κ1) is 12.0. The lowest BCUT2D eigenvalue weighted by molar-refractivity contribution is 1.38. The third-order valence-corrected chi connectivity index (χ3v) is 3.38. The first-order valence-electron chi connectivity index (χ1n) is 5.70. The molecule has 0 aliphatic heterocycles. The molecule has 0 spiro atoms. The van der Waals surface area contributed by atoms with Crippen LogP contribution in [0.15, 0.2) is 58.8 Å². The van der Waals surface area contributed by atoms with Gasteiger partial charge in [-0.05, 0) is 43.0 Å². The molecule has 0 aromatic heterocycles. The van der Waals surface area contributed by atoms with Crippen molar-refractivity contribution in [3.63, 3.8) is 0 Å². The average Bonchev–Trinajstić information content (AvgIpc) is 2.34. The van der Waals surface area contributed by atoms with E-state index in [-0.39, 0.29) is 0 Å². The molecule has 0 N–H and O–H groups in total. The fourth-order valence-corrected chi connectivity index (χ4v) is 2.16. The maximum Gasteiger partial charge on any atom is 0.0116 e. The SMILES string of the molecule is Cc1ccc(/C=C\Sc2ccc(C)cc2)cc1. The molecular weight excluding hydrogens is 224 g/mol. The summed E-state index contributed by atoms with van der Waals surface area (Å²) in [5.41, 5.74) is 3.85. The highest BCUT2D eigenvalue weighted by atomic mass is 32.2. The summed E-state index contributed by atoms with van der Waals surface area (Å²) in [5.74, 6) is 0. The molecule has 0 heterocycles. The van der Waals surface area contributed by atoms with Crippen molar-refractivity contribution in [3.8, 4) is 0 Å². The van der Waals surface area contributed by atoms with E-state index in [4.69, 9.17) is 0 Å². The van der Waals surface area contributed by atoms with Gasteiger partial charge < -0.3 is 0 Å². The van der Waals surface area contributed by atoms with E-state index in [9.17, 15) is 0 Å². The monoisotopic (exact) mass is 240 g/mol. The Kier molecular flexibility index (Phi) is 4.05. The first-order chi connectivity index (χ1) is 8.24. The van der Waals surface area contributed by atoms with Crippen molar-refractivity contribution in [2.45, 2.75) is 18.7 Å². The largest absolute Gasteiger partial charge is 0.0981 e. The average molecular weight is 240 g/mol. The fraction of sp³-hybridized carbons (Fsp3) is 0.125. The highest BCUT2D eigenvalue weighted by Gasteiger charge is 1.90. The normalized spacial score (nSPS) is 10.9. The second kappa shape index (κ2) is 5.74. The Morgan fingerprint density at radius 3 is 1.88 bits per heavy atom. The molecule has 0 bridgehead atoms. The van der Waals surface area contributed by atoms with Gasteiger partial charge in [-0.3, -0.25) is 0 Å². The molecule has 2 aromatic rings. The number of hydrogen-bond acceptors (Lipinski definition) is 1. The molecule has 0 saturated carbocycles. The number of benzene rings is 2. The van der Waals surface area contributed by atoms with E-state index >= 15 is 0 Å². The molecule has 0 aliphatic rings. The van der Waals surface area contributed by atoms with Crippen molar-refractivity contribution in [1.82, 2.24) is 0 Å². The summed E-state index contributed by atoms with van der Waals surface area (Å²) in [7, 11) is 0. The molecule has 17 heavy (non-hydrogen) atoms. The van der Waals surface area contributed by atoms with E-state index in [0.29, 0.717) is 0 Å². The predicted molar refractivity (Wildman–Crippen MR) is 77.2 cm³/mol. The quantitative estimate of drug-likeness (QED) is 0.675. The second-order valence-corrected chi connectivity index (χ2v) is 5.12. The summed E-state index contributed by atoms with van der Waals surface area (Å²) in [6.45, 7) is 4.21. The molecule has 0 aliphatic carbocycles. The Bertz CT molecular complexity index is 492. The smallest absolute Gasteiger partial charge is 0.0116 e.